The number of aromatic hydroxyl groups is 1. The molecular formula is C19H20O2. The van der Waals surface area contributed by atoms with E-state index in [1.807, 2.05) is 12.1 Å². The van der Waals surface area contributed by atoms with Gasteiger partial charge in [-0.1, -0.05) is 44.0 Å². The molecule has 0 aliphatic carbocycles. The van der Waals surface area contributed by atoms with E-state index >= 15 is 0 Å². The summed E-state index contributed by atoms with van der Waals surface area (Å²) < 4.78 is 5.81. The number of rotatable bonds is 5. The Morgan fingerprint density at radius 1 is 0.952 bits per heavy atom. The molecule has 1 heterocycles. The fourth-order valence-corrected chi connectivity index (χ4v) is 2.58. The summed E-state index contributed by atoms with van der Waals surface area (Å²) in [6, 6.07) is 15.8. The smallest absolute Gasteiger partial charge is 0.138 e. The number of aryl methyl sites for hydroxylation is 1. The van der Waals surface area contributed by atoms with E-state index < -0.39 is 0 Å². The summed E-state index contributed by atoms with van der Waals surface area (Å²) in [4.78, 5) is 0. The minimum atomic E-state index is 0.231. The van der Waals surface area contributed by atoms with Crippen LogP contribution in [-0.4, -0.2) is 5.11 Å². The van der Waals surface area contributed by atoms with Crippen LogP contribution in [0.3, 0.4) is 0 Å². The number of phenolic OH excluding ortho intramolecular Hbond substituents is 1. The van der Waals surface area contributed by atoms with Gasteiger partial charge in [0.05, 0.1) is 0 Å². The molecule has 0 spiro atoms. The molecular weight excluding hydrogens is 260 g/mol. The molecule has 2 nitrogen and oxygen atoms in total. The molecule has 3 aromatic rings. The summed E-state index contributed by atoms with van der Waals surface area (Å²) >= 11 is 0. The van der Waals surface area contributed by atoms with Crippen molar-refractivity contribution in [1.29, 1.82) is 0 Å². The Balaban J connectivity index is 1.81. The van der Waals surface area contributed by atoms with Gasteiger partial charge in [0.2, 0.25) is 0 Å². The minimum absolute atomic E-state index is 0.231. The molecule has 3 rings (SSSR count). The maximum absolute atomic E-state index is 9.49. The summed E-state index contributed by atoms with van der Waals surface area (Å²) in [5.74, 6) is 1.07. The largest absolute Gasteiger partial charge is 0.508 e. The van der Waals surface area contributed by atoms with Crippen molar-refractivity contribution in [2.75, 3.05) is 0 Å². The third kappa shape index (κ3) is 3.10. The van der Waals surface area contributed by atoms with Crippen molar-refractivity contribution in [3.63, 3.8) is 0 Å². The lowest BCUT2D eigenvalue weighted by Crippen LogP contribution is -1.85. The fourth-order valence-electron chi connectivity index (χ4n) is 2.58. The second kappa shape index (κ2) is 6.04. The molecule has 21 heavy (non-hydrogen) atoms. The maximum atomic E-state index is 9.49. The zero-order chi connectivity index (χ0) is 14.7. The highest BCUT2D eigenvalue weighted by molar-refractivity contribution is 5.83. The van der Waals surface area contributed by atoms with Crippen molar-refractivity contribution in [2.45, 2.75) is 32.6 Å². The second-order valence-corrected chi connectivity index (χ2v) is 5.49. The first-order chi connectivity index (χ1) is 10.3. The Kier molecular flexibility index (Phi) is 3.96. The van der Waals surface area contributed by atoms with Crippen molar-refractivity contribution in [3.8, 4) is 17.1 Å². The van der Waals surface area contributed by atoms with Gasteiger partial charge >= 0.3 is 0 Å². The predicted octanol–water partition coefficient (Wildman–Crippen LogP) is 5.54. The van der Waals surface area contributed by atoms with Gasteiger partial charge in [0, 0.05) is 17.0 Å². The lowest BCUT2D eigenvalue weighted by atomic mass is 10.0. The quantitative estimate of drug-likeness (QED) is 0.623. The summed E-state index contributed by atoms with van der Waals surface area (Å²) in [7, 11) is 0. The topological polar surface area (TPSA) is 33.4 Å². The number of unbranched alkanes of at least 4 members (excludes halogenated alkanes) is 2. The predicted molar refractivity (Wildman–Crippen MR) is 86.5 cm³/mol. The van der Waals surface area contributed by atoms with E-state index in [1.165, 1.54) is 24.8 Å². The molecule has 0 bridgehead atoms. The number of hydrogen-bond acceptors (Lipinski definition) is 2. The average Bonchev–Trinajstić information content (AvgIpc) is 2.91. The van der Waals surface area contributed by atoms with Gasteiger partial charge in [0.15, 0.2) is 0 Å². The molecule has 108 valence electrons. The zero-order valence-corrected chi connectivity index (χ0v) is 12.3. The molecule has 0 aliphatic rings. The standard InChI is InChI=1S/C19H20O2/c1-2-3-4-5-14-6-8-15(9-7-14)18-12-16-10-11-17(20)13-19(16)21-18/h6-13,20H,2-5H2,1H3. The normalized spacial score (nSPS) is 11.1. The van der Waals surface area contributed by atoms with Crippen molar-refractivity contribution in [2.24, 2.45) is 0 Å². The van der Waals surface area contributed by atoms with Crippen LogP contribution in [0.25, 0.3) is 22.3 Å². The molecule has 0 unspecified atom stereocenters. The first kappa shape index (κ1) is 13.7. The SMILES string of the molecule is CCCCCc1ccc(-c2cc3ccc(O)cc3o2)cc1. The van der Waals surface area contributed by atoms with Gasteiger partial charge in [0.25, 0.3) is 0 Å². The molecule has 1 aromatic heterocycles. The van der Waals surface area contributed by atoms with Crippen molar-refractivity contribution in [1.82, 2.24) is 0 Å². The summed E-state index contributed by atoms with van der Waals surface area (Å²) in [6.45, 7) is 2.22. The van der Waals surface area contributed by atoms with Gasteiger partial charge in [-0.3, -0.25) is 0 Å². The van der Waals surface area contributed by atoms with Crippen LogP contribution in [-0.2, 0) is 6.42 Å². The van der Waals surface area contributed by atoms with Gasteiger partial charge in [-0.15, -0.1) is 0 Å². The molecule has 0 radical (unpaired) electrons. The lowest BCUT2D eigenvalue weighted by Gasteiger charge is -2.02. The molecule has 0 saturated heterocycles. The molecule has 1 N–H and O–H groups in total. The minimum Gasteiger partial charge on any atom is -0.508 e. The van der Waals surface area contributed by atoms with Gasteiger partial charge in [-0.25, -0.2) is 0 Å². The summed E-state index contributed by atoms with van der Waals surface area (Å²) in [5.41, 5.74) is 3.17. The molecule has 0 saturated carbocycles. The summed E-state index contributed by atoms with van der Waals surface area (Å²) in [6.07, 6.45) is 4.93. The van der Waals surface area contributed by atoms with Gasteiger partial charge in [0.1, 0.15) is 17.1 Å². The monoisotopic (exact) mass is 280 g/mol. The van der Waals surface area contributed by atoms with Crippen LogP contribution < -0.4 is 0 Å². The molecule has 0 aliphatic heterocycles. The van der Waals surface area contributed by atoms with E-state index in [-0.39, 0.29) is 5.75 Å². The highest BCUT2D eigenvalue weighted by Gasteiger charge is 2.07. The van der Waals surface area contributed by atoms with E-state index in [0.29, 0.717) is 0 Å². The molecule has 0 fully saturated rings. The van der Waals surface area contributed by atoms with E-state index in [9.17, 15) is 5.11 Å². The Labute approximate surface area is 125 Å². The van der Waals surface area contributed by atoms with Crippen LogP contribution in [0.4, 0.5) is 0 Å². The molecule has 0 atom stereocenters. The highest BCUT2D eigenvalue weighted by Crippen LogP contribution is 2.30. The van der Waals surface area contributed by atoms with E-state index in [4.69, 9.17) is 4.42 Å². The van der Waals surface area contributed by atoms with Crippen molar-refractivity contribution >= 4 is 11.0 Å². The zero-order valence-electron chi connectivity index (χ0n) is 12.3. The number of furan rings is 1. The third-order valence-electron chi connectivity index (χ3n) is 3.81. The van der Waals surface area contributed by atoms with E-state index in [0.717, 1.165) is 28.7 Å². The van der Waals surface area contributed by atoms with E-state index in [1.54, 1.807) is 12.1 Å². The van der Waals surface area contributed by atoms with Crippen molar-refractivity contribution in [3.05, 3.63) is 54.1 Å². The van der Waals surface area contributed by atoms with Crippen LogP contribution >= 0.6 is 0 Å². The van der Waals surface area contributed by atoms with Gasteiger partial charge in [-0.05, 0) is 36.6 Å². The van der Waals surface area contributed by atoms with Crippen LogP contribution in [0.1, 0.15) is 31.7 Å². The van der Waals surface area contributed by atoms with Crippen LogP contribution in [0, 0.1) is 0 Å². The van der Waals surface area contributed by atoms with Gasteiger partial charge < -0.3 is 9.52 Å². The van der Waals surface area contributed by atoms with Crippen LogP contribution in [0.5, 0.6) is 5.75 Å². The molecule has 2 aromatic carbocycles. The number of hydrogen-bond donors (Lipinski definition) is 1. The Morgan fingerprint density at radius 3 is 2.52 bits per heavy atom. The van der Waals surface area contributed by atoms with Crippen LogP contribution in [0.2, 0.25) is 0 Å². The Morgan fingerprint density at radius 2 is 1.76 bits per heavy atom. The van der Waals surface area contributed by atoms with Gasteiger partial charge in [-0.2, -0.15) is 0 Å². The van der Waals surface area contributed by atoms with E-state index in [2.05, 4.69) is 31.2 Å². The first-order valence-corrected chi connectivity index (χ1v) is 7.58. The lowest BCUT2D eigenvalue weighted by molar-refractivity contribution is 0.474. The fraction of sp³-hybridized carbons (Fsp3) is 0.263. The number of fused-ring (bicyclic) bond motifs is 1. The maximum Gasteiger partial charge on any atom is 0.138 e. The molecule has 0 amide bonds. The van der Waals surface area contributed by atoms with Crippen LogP contribution in [0.15, 0.2) is 52.9 Å². The highest BCUT2D eigenvalue weighted by atomic mass is 16.3. The number of phenols is 1. The van der Waals surface area contributed by atoms with Crippen molar-refractivity contribution < 1.29 is 9.52 Å². The number of benzene rings is 2. The Bertz CT molecular complexity index is 723. The molecule has 2 heteroatoms. The third-order valence-corrected chi connectivity index (χ3v) is 3.81. The first-order valence-electron chi connectivity index (χ1n) is 7.58. The average molecular weight is 280 g/mol. The summed E-state index contributed by atoms with van der Waals surface area (Å²) in [5, 5.41) is 10.5. The Hall–Kier alpha value is -2.22. The second-order valence-electron chi connectivity index (χ2n) is 5.49.